The van der Waals surface area contributed by atoms with Gasteiger partial charge in [-0.2, -0.15) is 0 Å². The summed E-state index contributed by atoms with van der Waals surface area (Å²) in [5.41, 5.74) is 2.37. The zero-order valence-electron chi connectivity index (χ0n) is 12.4. The second kappa shape index (κ2) is 6.69. The Bertz CT molecular complexity index is 398. The third-order valence-corrected chi connectivity index (χ3v) is 3.69. The average molecular weight is 262 g/mol. The topological polar surface area (TPSA) is 24.5 Å². The largest absolute Gasteiger partial charge is 0.494 e. The van der Waals surface area contributed by atoms with Crippen LogP contribution in [0.1, 0.15) is 39.0 Å². The van der Waals surface area contributed by atoms with Gasteiger partial charge in [0.2, 0.25) is 0 Å². The average Bonchev–Trinajstić information content (AvgIpc) is 2.40. The van der Waals surface area contributed by atoms with E-state index in [1.807, 2.05) is 6.92 Å². The van der Waals surface area contributed by atoms with Gasteiger partial charge < -0.3 is 15.0 Å². The molecule has 1 aliphatic rings. The first-order valence-corrected chi connectivity index (χ1v) is 7.41. The summed E-state index contributed by atoms with van der Waals surface area (Å²) < 4.78 is 5.66. The second-order valence-electron chi connectivity index (χ2n) is 5.52. The molecule has 0 heterocycles. The number of rotatable bonds is 5. The number of nitrogens with zero attached hydrogens (tertiary/aromatic N) is 1. The Labute approximate surface area is 116 Å². The van der Waals surface area contributed by atoms with Gasteiger partial charge in [0, 0.05) is 43.6 Å². The van der Waals surface area contributed by atoms with Gasteiger partial charge in [0.1, 0.15) is 5.75 Å². The predicted molar refractivity (Wildman–Crippen MR) is 82.4 cm³/mol. The lowest BCUT2D eigenvalue weighted by molar-refractivity contribution is 0.340. The summed E-state index contributed by atoms with van der Waals surface area (Å²) in [6.07, 6.45) is 6.67. The van der Waals surface area contributed by atoms with Gasteiger partial charge >= 0.3 is 0 Å². The highest BCUT2D eigenvalue weighted by Crippen LogP contribution is 2.28. The molecule has 3 heteroatoms. The van der Waals surface area contributed by atoms with Gasteiger partial charge in [-0.25, -0.2) is 0 Å². The summed E-state index contributed by atoms with van der Waals surface area (Å²) in [4.78, 5) is 2.12. The fourth-order valence-electron chi connectivity index (χ4n) is 2.66. The molecule has 0 aliphatic heterocycles. The minimum atomic E-state index is 0.626. The summed E-state index contributed by atoms with van der Waals surface area (Å²) in [5.74, 6) is 0.951. The molecule has 1 N–H and O–H groups in total. The van der Waals surface area contributed by atoms with Crippen molar-refractivity contribution in [1.82, 2.24) is 0 Å². The Kier molecular flexibility index (Phi) is 4.94. The Morgan fingerprint density at radius 1 is 1.16 bits per heavy atom. The summed E-state index contributed by atoms with van der Waals surface area (Å²) in [6.45, 7) is 2.73. The zero-order chi connectivity index (χ0) is 13.7. The SMILES string of the molecule is CCOc1cc(NC2CCCCC2)cc(N(C)C)c1. The molecule has 1 saturated carbocycles. The fourth-order valence-corrected chi connectivity index (χ4v) is 2.66. The molecule has 106 valence electrons. The molecule has 0 atom stereocenters. The second-order valence-corrected chi connectivity index (χ2v) is 5.52. The van der Waals surface area contributed by atoms with E-state index in [0.29, 0.717) is 12.6 Å². The van der Waals surface area contributed by atoms with Crippen molar-refractivity contribution < 1.29 is 4.74 Å². The number of benzene rings is 1. The van der Waals surface area contributed by atoms with Gasteiger partial charge in [-0.15, -0.1) is 0 Å². The summed E-state index contributed by atoms with van der Waals surface area (Å²) in [6, 6.07) is 7.04. The minimum Gasteiger partial charge on any atom is -0.494 e. The molecule has 0 unspecified atom stereocenters. The molecule has 2 rings (SSSR count). The van der Waals surface area contributed by atoms with E-state index in [-0.39, 0.29) is 0 Å². The minimum absolute atomic E-state index is 0.626. The first-order chi connectivity index (χ1) is 9.19. The maximum absolute atomic E-state index is 5.66. The summed E-state index contributed by atoms with van der Waals surface area (Å²) >= 11 is 0. The highest BCUT2D eigenvalue weighted by Gasteiger charge is 2.14. The van der Waals surface area contributed by atoms with Crippen LogP contribution in [-0.2, 0) is 0 Å². The van der Waals surface area contributed by atoms with E-state index in [1.54, 1.807) is 0 Å². The van der Waals surface area contributed by atoms with Crippen LogP contribution in [-0.4, -0.2) is 26.7 Å². The Hall–Kier alpha value is -1.38. The quantitative estimate of drug-likeness (QED) is 0.871. The van der Waals surface area contributed by atoms with Crippen LogP contribution in [0.5, 0.6) is 5.75 Å². The highest BCUT2D eigenvalue weighted by molar-refractivity contribution is 5.62. The summed E-state index contributed by atoms with van der Waals surface area (Å²) in [5, 5.41) is 3.67. The number of nitrogens with one attached hydrogen (secondary N) is 1. The first-order valence-electron chi connectivity index (χ1n) is 7.41. The smallest absolute Gasteiger partial charge is 0.123 e. The number of anilines is 2. The molecule has 0 radical (unpaired) electrons. The third-order valence-electron chi connectivity index (χ3n) is 3.69. The lowest BCUT2D eigenvalue weighted by Gasteiger charge is -2.25. The zero-order valence-corrected chi connectivity index (χ0v) is 12.4. The standard InChI is InChI=1S/C16H26N2O/c1-4-19-16-11-14(10-15(12-16)18(2)3)17-13-8-6-5-7-9-13/h10-13,17H,4-9H2,1-3H3. The lowest BCUT2D eigenvalue weighted by atomic mass is 9.95. The Morgan fingerprint density at radius 3 is 2.53 bits per heavy atom. The lowest BCUT2D eigenvalue weighted by Crippen LogP contribution is -2.22. The number of hydrogen-bond donors (Lipinski definition) is 1. The van der Waals surface area contributed by atoms with E-state index >= 15 is 0 Å². The maximum atomic E-state index is 5.66. The normalized spacial score (nSPS) is 16.2. The molecule has 1 fully saturated rings. The van der Waals surface area contributed by atoms with Crippen molar-refractivity contribution >= 4 is 11.4 Å². The van der Waals surface area contributed by atoms with Crippen LogP contribution in [0, 0.1) is 0 Å². The number of hydrogen-bond acceptors (Lipinski definition) is 3. The van der Waals surface area contributed by atoms with Gasteiger partial charge in [-0.3, -0.25) is 0 Å². The molecule has 19 heavy (non-hydrogen) atoms. The van der Waals surface area contributed by atoms with Crippen molar-refractivity contribution in [2.45, 2.75) is 45.1 Å². The molecule has 1 aliphatic carbocycles. The predicted octanol–water partition coefficient (Wildman–Crippen LogP) is 3.90. The Balaban J connectivity index is 2.12. The van der Waals surface area contributed by atoms with Gasteiger partial charge in [-0.1, -0.05) is 19.3 Å². The van der Waals surface area contributed by atoms with E-state index in [0.717, 1.165) is 5.75 Å². The molecular weight excluding hydrogens is 236 g/mol. The van der Waals surface area contributed by atoms with Crippen LogP contribution < -0.4 is 15.0 Å². The Morgan fingerprint density at radius 2 is 1.89 bits per heavy atom. The van der Waals surface area contributed by atoms with Gasteiger partial charge in [0.25, 0.3) is 0 Å². The van der Waals surface area contributed by atoms with Gasteiger partial charge in [0.15, 0.2) is 0 Å². The molecule has 1 aromatic carbocycles. The molecule has 3 nitrogen and oxygen atoms in total. The molecule has 0 bridgehead atoms. The molecular formula is C16H26N2O. The van der Waals surface area contributed by atoms with Gasteiger partial charge in [-0.05, 0) is 25.8 Å². The van der Waals surface area contributed by atoms with Crippen molar-refractivity contribution in [2.75, 3.05) is 30.9 Å². The summed E-state index contributed by atoms with van der Waals surface area (Å²) in [7, 11) is 4.13. The first kappa shape index (κ1) is 14.0. The van der Waals surface area contributed by atoms with E-state index in [9.17, 15) is 0 Å². The molecule has 0 saturated heterocycles. The van der Waals surface area contributed by atoms with E-state index in [2.05, 4.69) is 42.5 Å². The van der Waals surface area contributed by atoms with E-state index < -0.39 is 0 Å². The van der Waals surface area contributed by atoms with Crippen LogP contribution >= 0.6 is 0 Å². The highest BCUT2D eigenvalue weighted by atomic mass is 16.5. The van der Waals surface area contributed by atoms with E-state index in [1.165, 1.54) is 43.5 Å². The van der Waals surface area contributed by atoms with Crippen molar-refractivity contribution in [3.05, 3.63) is 18.2 Å². The van der Waals surface area contributed by atoms with Crippen LogP contribution in [0.15, 0.2) is 18.2 Å². The maximum Gasteiger partial charge on any atom is 0.123 e. The van der Waals surface area contributed by atoms with Crippen LogP contribution in [0.2, 0.25) is 0 Å². The fraction of sp³-hybridized carbons (Fsp3) is 0.625. The molecule has 0 amide bonds. The van der Waals surface area contributed by atoms with Gasteiger partial charge in [0.05, 0.1) is 6.61 Å². The molecule has 1 aromatic rings. The molecule has 0 aromatic heterocycles. The van der Waals surface area contributed by atoms with Crippen molar-refractivity contribution in [3.63, 3.8) is 0 Å². The van der Waals surface area contributed by atoms with Crippen molar-refractivity contribution in [1.29, 1.82) is 0 Å². The van der Waals surface area contributed by atoms with Crippen LogP contribution in [0.25, 0.3) is 0 Å². The monoisotopic (exact) mass is 262 g/mol. The van der Waals surface area contributed by atoms with Crippen molar-refractivity contribution in [2.24, 2.45) is 0 Å². The van der Waals surface area contributed by atoms with Crippen molar-refractivity contribution in [3.8, 4) is 5.75 Å². The van der Waals surface area contributed by atoms with Crippen LogP contribution in [0.3, 0.4) is 0 Å². The molecule has 0 spiro atoms. The third kappa shape index (κ3) is 4.05. The number of ether oxygens (including phenoxy) is 1. The van der Waals surface area contributed by atoms with Crippen LogP contribution in [0.4, 0.5) is 11.4 Å². The van der Waals surface area contributed by atoms with E-state index in [4.69, 9.17) is 4.74 Å².